The van der Waals surface area contributed by atoms with Crippen LogP contribution >= 0.6 is 0 Å². The maximum Gasteiger partial charge on any atom is 0.133 e. The molecule has 1 aliphatic carbocycles. The minimum absolute atomic E-state index is 0.477. The van der Waals surface area contributed by atoms with Gasteiger partial charge in [0.1, 0.15) is 5.78 Å². The molecule has 0 saturated heterocycles. The fourth-order valence-electron chi connectivity index (χ4n) is 1.76. The zero-order valence-electron chi connectivity index (χ0n) is 6.89. The van der Waals surface area contributed by atoms with Gasteiger partial charge in [-0.25, -0.2) is 0 Å². The Kier molecular flexibility index (Phi) is 2.47. The summed E-state index contributed by atoms with van der Waals surface area (Å²) in [6.07, 6.45) is 4.10. The van der Waals surface area contributed by atoms with Crippen molar-refractivity contribution in [1.29, 1.82) is 0 Å². The maximum absolute atomic E-state index is 10.8. The Labute approximate surface area is 62.8 Å². The maximum atomic E-state index is 10.8. The molecule has 0 aromatic carbocycles. The van der Waals surface area contributed by atoms with Crippen molar-refractivity contribution in [2.75, 3.05) is 0 Å². The molecular weight excluding hydrogens is 124 g/mol. The predicted octanol–water partition coefficient (Wildman–Crippen LogP) is 2.40. The third-order valence-electron chi connectivity index (χ3n) is 2.15. The Balaban J connectivity index is 2.24. The topological polar surface area (TPSA) is 17.1 Å². The molecule has 0 N–H and O–H groups in total. The van der Waals surface area contributed by atoms with Gasteiger partial charge in [0, 0.05) is 12.8 Å². The number of carbonyl (C=O) groups is 1. The van der Waals surface area contributed by atoms with Gasteiger partial charge in [0.25, 0.3) is 0 Å². The molecule has 0 aromatic rings. The summed E-state index contributed by atoms with van der Waals surface area (Å²) in [5, 5.41) is 0. The van der Waals surface area contributed by atoms with Gasteiger partial charge in [-0.2, -0.15) is 0 Å². The molecule has 1 atom stereocenters. The molecule has 1 aliphatic rings. The Morgan fingerprint density at radius 1 is 1.60 bits per heavy atom. The fourth-order valence-corrected chi connectivity index (χ4v) is 1.76. The molecule has 0 aromatic heterocycles. The minimum atomic E-state index is 0.477. The molecule has 1 saturated carbocycles. The quantitative estimate of drug-likeness (QED) is 0.575. The predicted molar refractivity (Wildman–Crippen MR) is 41.8 cm³/mol. The second-order valence-corrected chi connectivity index (χ2v) is 3.78. The largest absolute Gasteiger partial charge is 0.300 e. The number of Topliss-reactive ketones (excluding diaryl/α,β-unsaturated/α-hetero) is 1. The third kappa shape index (κ3) is 2.13. The lowest BCUT2D eigenvalue weighted by Gasteiger charge is -2.09. The van der Waals surface area contributed by atoms with E-state index in [9.17, 15) is 4.79 Å². The second kappa shape index (κ2) is 3.18. The van der Waals surface area contributed by atoms with Crippen molar-refractivity contribution in [1.82, 2.24) is 0 Å². The third-order valence-corrected chi connectivity index (χ3v) is 2.15. The summed E-state index contributed by atoms with van der Waals surface area (Å²) >= 11 is 0. The van der Waals surface area contributed by atoms with Crippen LogP contribution in [0.15, 0.2) is 0 Å². The van der Waals surface area contributed by atoms with Crippen LogP contribution in [0.3, 0.4) is 0 Å². The lowest BCUT2D eigenvalue weighted by Crippen LogP contribution is -1.99. The number of hydrogen-bond acceptors (Lipinski definition) is 1. The monoisotopic (exact) mass is 140 g/mol. The van der Waals surface area contributed by atoms with E-state index in [1.165, 1.54) is 6.42 Å². The highest BCUT2D eigenvalue weighted by Gasteiger charge is 2.22. The first-order valence-electron chi connectivity index (χ1n) is 4.20. The van der Waals surface area contributed by atoms with Crippen molar-refractivity contribution < 1.29 is 4.79 Å². The lowest BCUT2D eigenvalue weighted by molar-refractivity contribution is -0.117. The standard InChI is InChI=1S/C9H16O/c1-7(2)5-8-3-4-9(10)6-8/h7-8H,3-6H2,1-2H3/t8-/m0/s1. The summed E-state index contributed by atoms with van der Waals surface area (Å²) in [6.45, 7) is 4.45. The van der Waals surface area contributed by atoms with Crippen LogP contribution in [0.4, 0.5) is 0 Å². The normalized spacial score (nSPS) is 26.3. The van der Waals surface area contributed by atoms with Crippen molar-refractivity contribution in [2.45, 2.75) is 39.5 Å². The molecule has 0 amide bonds. The van der Waals surface area contributed by atoms with Crippen LogP contribution in [0.1, 0.15) is 39.5 Å². The summed E-state index contributed by atoms with van der Waals surface area (Å²) < 4.78 is 0. The second-order valence-electron chi connectivity index (χ2n) is 3.78. The van der Waals surface area contributed by atoms with E-state index in [0.29, 0.717) is 11.7 Å². The molecule has 0 aliphatic heterocycles. The van der Waals surface area contributed by atoms with E-state index < -0.39 is 0 Å². The van der Waals surface area contributed by atoms with E-state index in [2.05, 4.69) is 13.8 Å². The summed E-state index contributed by atoms with van der Waals surface area (Å²) in [7, 11) is 0. The molecule has 1 fully saturated rings. The van der Waals surface area contributed by atoms with Gasteiger partial charge in [-0.3, -0.25) is 4.79 Å². The fraction of sp³-hybridized carbons (Fsp3) is 0.889. The molecule has 0 radical (unpaired) electrons. The first-order chi connectivity index (χ1) is 4.68. The summed E-state index contributed by atoms with van der Waals surface area (Å²) in [6, 6.07) is 0. The van der Waals surface area contributed by atoms with Crippen molar-refractivity contribution >= 4 is 5.78 Å². The van der Waals surface area contributed by atoms with Gasteiger partial charge in [0.15, 0.2) is 0 Å². The van der Waals surface area contributed by atoms with Crippen molar-refractivity contribution in [3.63, 3.8) is 0 Å². The van der Waals surface area contributed by atoms with Crippen LogP contribution in [-0.4, -0.2) is 5.78 Å². The van der Waals surface area contributed by atoms with E-state index in [1.54, 1.807) is 0 Å². The molecule has 0 spiro atoms. The first kappa shape index (κ1) is 7.77. The van der Waals surface area contributed by atoms with Crippen LogP contribution < -0.4 is 0 Å². The number of carbonyl (C=O) groups excluding carboxylic acids is 1. The van der Waals surface area contributed by atoms with Crippen LogP contribution in [0.2, 0.25) is 0 Å². The van der Waals surface area contributed by atoms with Crippen LogP contribution in [0, 0.1) is 11.8 Å². The number of ketones is 1. The van der Waals surface area contributed by atoms with E-state index in [4.69, 9.17) is 0 Å². The molecule has 58 valence electrons. The Hall–Kier alpha value is -0.330. The van der Waals surface area contributed by atoms with Crippen molar-refractivity contribution in [2.24, 2.45) is 11.8 Å². The van der Waals surface area contributed by atoms with Crippen LogP contribution in [0.25, 0.3) is 0 Å². The van der Waals surface area contributed by atoms with E-state index in [-0.39, 0.29) is 0 Å². The highest BCUT2D eigenvalue weighted by Crippen LogP contribution is 2.27. The molecule has 1 heteroatoms. The van der Waals surface area contributed by atoms with Crippen molar-refractivity contribution in [3.05, 3.63) is 0 Å². The molecule has 1 nitrogen and oxygen atoms in total. The number of rotatable bonds is 2. The smallest absolute Gasteiger partial charge is 0.133 e. The average molecular weight is 140 g/mol. The molecule has 0 bridgehead atoms. The SMILES string of the molecule is CC(C)C[C@@H]1CCC(=O)C1. The summed E-state index contributed by atoms with van der Waals surface area (Å²) in [5.74, 6) is 1.95. The Morgan fingerprint density at radius 2 is 2.30 bits per heavy atom. The highest BCUT2D eigenvalue weighted by molar-refractivity contribution is 5.80. The molecular formula is C9H16O. The first-order valence-corrected chi connectivity index (χ1v) is 4.20. The zero-order chi connectivity index (χ0) is 7.56. The van der Waals surface area contributed by atoms with Crippen LogP contribution in [-0.2, 0) is 4.79 Å². The van der Waals surface area contributed by atoms with E-state index >= 15 is 0 Å². The molecule has 0 unspecified atom stereocenters. The van der Waals surface area contributed by atoms with Gasteiger partial charge in [-0.15, -0.1) is 0 Å². The van der Waals surface area contributed by atoms with Gasteiger partial charge >= 0.3 is 0 Å². The van der Waals surface area contributed by atoms with Gasteiger partial charge in [0.05, 0.1) is 0 Å². The Bertz CT molecular complexity index is 127. The zero-order valence-corrected chi connectivity index (χ0v) is 6.89. The summed E-state index contributed by atoms with van der Waals surface area (Å²) in [4.78, 5) is 10.8. The van der Waals surface area contributed by atoms with E-state index in [1.807, 2.05) is 0 Å². The highest BCUT2D eigenvalue weighted by atomic mass is 16.1. The van der Waals surface area contributed by atoms with Gasteiger partial charge in [-0.05, 0) is 24.7 Å². The van der Waals surface area contributed by atoms with Gasteiger partial charge < -0.3 is 0 Å². The minimum Gasteiger partial charge on any atom is -0.300 e. The van der Waals surface area contributed by atoms with Gasteiger partial charge in [0.2, 0.25) is 0 Å². The van der Waals surface area contributed by atoms with Gasteiger partial charge in [-0.1, -0.05) is 13.8 Å². The molecule has 10 heavy (non-hydrogen) atoms. The Morgan fingerprint density at radius 3 is 2.70 bits per heavy atom. The average Bonchev–Trinajstić information content (AvgIpc) is 2.13. The van der Waals surface area contributed by atoms with E-state index in [0.717, 1.165) is 25.2 Å². The summed E-state index contributed by atoms with van der Waals surface area (Å²) in [5.41, 5.74) is 0. The molecule has 1 rings (SSSR count). The van der Waals surface area contributed by atoms with Crippen LogP contribution in [0.5, 0.6) is 0 Å². The number of hydrogen-bond donors (Lipinski definition) is 0. The lowest BCUT2D eigenvalue weighted by atomic mass is 9.96. The molecule has 0 heterocycles. The van der Waals surface area contributed by atoms with Crippen molar-refractivity contribution in [3.8, 4) is 0 Å².